The Morgan fingerprint density at radius 1 is 1.00 bits per heavy atom. The van der Waals surface area contributed by atoms with Crippen LogP contribution in [0.3, 0.4) is 0 Å². The van der Waals surface area contributed by atoms with Crippen LogP contribution in [0.1, 0.15) is 85.0 Å². The van der Waals surface area contributed by atoms with Crippen molar-refractivity contribution in [2.24, 2.45) is 46.3 Å². The lowest BCUT2D eigenvalue weighted by atomic mass is 9.43. The quantitative estimate of drug-likeness (QED) is 0.659. The van der Waals surface area contributed by atoms with Crippen LogP contribution < -0.4 is 0 Å². The Balaban J connectivity index is 1.55. The highest BCUT2D eigenvalue weighted by Crippen LogP contribution is 2.68. The van der Waals surface area contributed by atoms with Crippen molar-refractivity contribution in [3.8, 4) is 0 Å². The van der Waals surface area contributed by atoms with E-state index in [0.29, 0.717) is 35.5 Å². The van der Waals surface area contributed by atoms with Crippen LogP contribution in [0, 0.1) is 46.3 Å². The highest BCUT2D eigenvalue weighted by atomic mass is 16.4. The van der Waals surface area contributed by atoms with Crippen molar-refractivity contribution in [1.29, 1.82) is 0 Å². The van der Waals surface area contributed by atoms with E-state index in [1.807, 2.05) is 0 Å². The zero-order valence-electron chi connectivity index (χ0n) is 17.9. The van der Waals surface area contributed by atoms with E-state index in [-0.39, 0.29) is 29.5 Å². The van der Waals surface area contributed by atoms with Gasteiger partial charge < -0.3 is 15.3 Å². The molecule has 0 aromatic heterocycles. The number of aliphatic hydroxyl groups excluding tert-OH is 2. The number of carboxylic acid groups (broad SMARTS) is 1. The number of carboxylic acids is 1. The van der Waals surface area contributed by atoms with Gasteiger partial charge in [-0.05, 0) is 104 Å². The van der Waals surface area contributed by atoms with Gasteiger partial charge in [-0.15, -0.1) is 0 Å². The Morgan fingerprint density at radius 3 is 2.39 bits per heavy atom. The van der Waals surface area contributed by atoms with Crippen LogP contribution in [0.15, 0.2) is 0 Å². The van der Waals surface area contributed by atoms with E-state index in [9.17, 15) is 15.0 Å². The van der Waals surface area contributed by atoms with Crippen molar-refractivity contribution in [2.75, 3.05) is 0 Å². The molecule has 160 valence electrons. The minimum Gasteiger partial charge on any atom is -0.481 e. The lowest BCUT2D eigenvalue weighted by molar-refractivity contribution is -0.174. The molecular formula is C24H40O4. The molecular weight excluding hydrogens is 352 g/mol. The van der Waals surface area contributed by atoms with Crippen LogP contribution >= 0.6 is 0 Å². The molecule has 10 atom stereocenters. The first-order chi connectivity index (χ1) is 13.2. The van der Waals surface area contributed by atoms with E-state index in [1.54, 1.807) is 0 Å². The predicted octanol–water partition coefficient (Wildman–Crippen LogP) is 4.48. The molecule has 0 bridgehead atoms. The topological polar surface area (TPSA) is 77.8 Å². The SMILES string of the molecule is C[C@H](CCC(=O)O)[C@@H]1CC[C@@H]2[C@@H]3[C@H](O)C[C@@H]4C[C@H](O)CC[C@]4(C)[C@@H]3CC[C@]21C. The van der Waals surface area contributed by atoms with Gasteiger partial charge in [0, 0.05) is 6.42 Å². The molecule has 4 aliphatic rings. The summed E-state index contributed by atoms with van der Waals surface area (Å²) < 4.78 is 0. The van der Waals surface area contributed by atoms with Gasteiger partial charge in [0.25, 0.3) is 0 Å². The fourth-order valence-corrected chi connectivity index (χ4v) is 8.73. The van der Waals surface area contributed by atoms with Crippen LogP contribution in [-0.2, 0) is 4.79 Å². The Kier molecular flexibility index (Phi) is 5.36. The third-order valence-electron chi connectivity index (χ3n) is 10.2. The summed E-state index contributed by atoms with van der Waals surface area (Å²) in [6, 6.07) is 0. The van der Waals surface area contributed by atoms with Crippen molar-refractivity contribution in [3.63, 3.8) is 0 Å². The van der Waals surface area contributed by atoms with Crippen molar-refractivity contribution < 1.29 is 20.1 Å². The number of aliphatic hydroxyl groups is 2. The molecule has 4 fully saturated rings. The second kappa shape index (κ2) is 7.27. The van der Waals surface area contributed by atoms with E-state index >= 15 is 0 Å². The molecule has 0 unspecified atom stereocenters. The van der Waals surface area contributed by atoms with Crippen LogP contribution in [0.4, 0.5) is 0 Å². The molecule has 0 aromatic rings. The van der Waals surface area contributed by atoms with E-state index in [4.69, 9.17) is 5.11 Å². The average Bonchev–Trinajstić information content (AvgIpc) is 2.98. The van der Waals surface area contributed by atoms with E-state index in [2.05, 4.69) is 20.8 Å². The van der Waals surface area contributed by atoms with Crippen molar-refractivity contribution >= 4 is 5.97 Å². The van der Waals surface area contributed by atoms with E-state index < -0.39 is 5.97 Å². The summed E-state index contributed by atoms with van der Waals surface area (Å²) in [6.45, 7) is 7.16. The number of hydrogen-bond donors (Lipinski definition) is 3. The molecule has 0 saturated heterocycles. The minimum absolute atomic E-state index is 0.179. The average molecular weight is 393 g/mol. The number of aliphatic carboxylic acids is 1. The monoisotopic (exact) mass is 392 g/mol. The van der Waals surface area contributed by atoms with Gasteiger partial charge in [-0.25, -0.2) is 0 Å². The molecule has 4 rings (SSSR count). The smallest absolute Gasteiger partial charge is 0.303 e. The molecule has 3 N–H and O–H groups in total. The van der Waals surface area contributed by atoms with Gasteiger partial charge in [0.2, 0.25) is 0 Å². The molecule has 0 heterocycles. The number of rotatable bonds is 4. The molecule has 0 amide bonds. The van der Waals surface area contributed by atoms with Crippen LogP contribution in [0.2, 0.25) is 0 Å². The Labute approximate surface area is 170 Å². The summed E-state index contributed by atoms with van der Waals surface area (Å²) >= 11 is 0. The fraction of sp³-hybridized carbons (Fsp3) is 0.958. The third kappa shape index (κ3) is 3.14. The summed E-state index contributed by atoms with van der Waals surface area (Å²) in [4.78, 5) is 11.1. The zero-order valence-corrected chi connectivity index (χ0v) is 17.9. The van der Waals surface area contributed by atoms with Gasteiger partial charge in [0.1, 0.15) is 0 Å². The van der Waals surface area contributed by atoms with Crippen LogP contribution in [0.25, 0.3) is 0 Å². The zero-order chi connectivity index (χ0) is 20.3. The van der Waals surface area contributed by atoms with Crippen molar-refractivity contribution in [2.45, 2.75) is 97.2 Å². The molecule has 4 saturated carbocycles. The Bertz CT molecular complexity index is 605. The highest BCUT2D eigenvalue weighted by molar-refractivity contribution is 5.66. The summed E-state index contributed by atoms with van der Waals surface area (Å²) in [6.07, 6.45) is 9.19. The standard InChI is InChI=1S/C24H40O4/c1-14(4-7-21(27)28)17-5-6-18-22-19(9-11-24(17,18)3)23(2)10-8-16(25)12-15(23)13-20(22)26/h14-20,22,25-26H,4-13H2,1-3H3,(H,27,28)/t14-,15+,16-,17+,18-,19-,20-,22+,23+,24+/m1/s1. The first kappa shape index (κ1) is 20.7. The second-order valence-electron chi connectivity index (χ2n) is 11.4. The molecule has 28 heavy (non-hydrogen) atoms. The van der Waals surface area contributed by atoms with Gasteiger partial charge >= 0.3 is 5.97 Å². The summed E-state index contributed by atoms with van der Waals surface area (Å²) in [5, 5.41) is 30.5. The maximum Gasteiger partial charge on any atom is 0.303 e. The normalized spacial score (nSPS) is 51.7. The minimum atomic E-state index is -0.684. The van der Waals surface area contributed by atoms with Gasteiger partial charge in [-0.3, -0.25) is 4.79 Å². The lowest BCUT2D eigenvalue weighted by Gasteiger charge is -2.62. The van der Waals surface area contributed by atoms with E-state index in [1.165, 1.54) is 25.7 Å². The molecule has 0 aromatic carbocycles. The van der Waals surface area contributed by atoms with Crippen molar-refractivity contribution in [1.82, 2.24) is 0 Å². The fourth-order valence-electron chi connectivity index (χ4n) is 8.73. The van der Waals surface area contributed by atoms with Gasteiger partial charge in [0.05, 0.1) is 12.2 Å². The maximum atomic E-state index is 11.2. The Hall–Kier alpha value is -0.610. The number of carbonyl (C=O) groups is 1. The first-order valence-electron chi connectivity index (χ1n) is 11.7. The number of fused-ring (bicyclic) bond motifs is 5. The Morgan fingerprint density at radius 2 is 1.68 bits per heavy atom. The summed E-state index contributed by atoms with van der Waals surface area (Å²) in [5.74, 6) is 2.36. The van der Waals surface area contributed by atoms with Crippen LogP contribution in [-0.4, -0.2) is 33.5 Å². The van der Waals surface area contributed by atoms with Crippen molar-refractivity contribution in [3.05, 3.63) is 0 Å². The predicted molar refractivity (Wildman–Crippen MR) is 109 cm³/mol. The molecule has 4 nitrogen and oxygen atoms in total. The lowest BCUT2D eigenvalue weighted by Crippen LogP contribution is -2.58. The summed E-state index contributed by atoms with van der Waals surface area (Å²) in [5.41, 5.74) is 0.523. The van der Waals surface area contributed by atoms with E-state index in [0.717, 1.165) is 32.1 Å². The van der Waals surface area contributed by atoms with Gasteiger partial charge in [0.15, 0.2) is 0 Å². The highest BCUT2D eigenvalue weighted by Gasteiger charge is 2.62. The molecule has 0 radical (unpaired) electrons. The van der Waals surface area contributed by atoms with Gasteiger partial charge in [-0.1, -0.05) is 20.8 Å². The molecule has 0 aliphatic heterocycles. The second-order valence-corrected chi connectivity index (χ2v) is 11.4. The van der Waals surface area contributed by atoms with Crippen LogP contribution in [0.5, 0.6) is 0 Å². The summed E-state index contributed by atoms with van der Waals surface area (Å²) in [7, 11) is 0. The maximum absolute atomic E-state index is 11.2. The van der Waals surface area contributed by atoms with Gasteiger partial charge in [-0.2, -0.15) is 0 Å². The molecule has 4 heteroatoms. The largest absolute Gasteiger partial charge is 0.481 e. The third-order valence-corrected chi connectivity index (χ3v) is 10.2. The molecule has 0 spiro atoms. The molecule has 4 aliphatic carbocycles. The number of hydrogen-bond acceptors (Lipinski definition) is 3. The first-order valence-corrected chi connectivity index (χ1v) is 11.7.